The Hall–Kier alpha value is -2.91. The van der Waals surface area contributed by atoms with E-state index in [0.717, 1.165) is 27.9 Å². The van der Waals surface area contributed by atoms with E-state index in [1.165, 1.54) is 23.1 Å². The van der Waals surface area contributed by atoms with Crippen LogP contribution in [0.1, 0.15) is 22.8 Å². The zero-order chi connectivity index (χ0) is 20.9. The van der Waals surface area contributed by atoms with Gasteiger partial charge < -0.3 is 14.5 Å². The molecule has 0 fully saturated rings. The third-order valence-electron chi connectivity index (χ3n) is 4.57. The Morgan fingerprint density at radius 3 is 2.70 bits per heavy atom. The van der Waals surface area contributed by atoms with E-state index in [1.807, 2.05) is 49.8 Å². The second kappa shape index (κ2) is 9.27. The van der Waals surface area contributed by atoms with Gasteiger partial charge in [0.25, 0.3) is 0 Å². The summed E-state index contributed by atoms with van der Waals surface area (Å²) in [7, 11) is 2.02. The summed E-state index contributed by atoms with van der Waals surface area (Å²) in [6.45, 7) is 2.56. The molecule has 1 N–H and O–H groups in total. The highest BCUT2D eigenvalue weighted by Crippen LogP contribution is 2.22. The molecule has 154 valence electrons. The van der Waals surface area contributed by atoms with Gasteiger partial charge in [-0.1, -0.05) is 42.1 Å². The molecule has 30 heavy (non-hydrogen) atoms. The smallest absolute Gasteiger partial charge is 0.236 e. The van der Waals surface area contributed by atoms with E-state index in [2.05, 4.69) is 47.8 Å². The molecule has 4 aromatic rings. The lowest BCUT2D eigenvalue weighted by molar-refractivity contribution is -0.113. The molecule has 0 aliphatic carbocycles. The highest BCUT2D eigenvalue weighted by molar-refractivity contribution is 7.99. The van der Waals surface area contributed by atoms with Crippen molar-refractivity contribution in [3.63, 3.8) is 0 Å². The van der Waals surface area contributed by atoms with Crippen molar-refractivity contribution in [2.45, 2.75) is 25.0 Å². The number of amides is 1. The van der Waals surface area contributed by atoms with Gasteiger partial charge in [0.05, 0.1) is 18.0 Å². The van der Waals surface area contributed by atoms with E-state index < -0.39 is 0 Å². The van der Waals surface area contributed by atoms with Crippen LogP contribution in [0.4, 0.5) is 5.13 Å². The van der Waals surface area contributed by atoms with Gasteiger partial charge in [0.2, 0.25) is 5.91 Å². The highest BCUT2D eigenvalue weighted by atomic mass is 32.2. The summed E-state index contributed by atoms with van der Waals surface area (Å²) in [6, 6.07) is 14.3. The quantitative estimate of drug-likeness (QED) is 0.424. The second-order valence-corrected chi connectivity index (χ2v) is 8.69. The van der Waals surface area contributed by atoms with Crippen molar-refractivity contribution in [2.75, 3.05) is 11.1 Å². The number of nitrogens with one attached hydrogen (secondary N) is 1. The van der Waals surface area contributed by atoms with E-state index in [-0.39, 0.29) is 11.7 Å². The Morgan fingerprint density at radius 2 is 2.00 bits per heavy atom. The first kappa shape index (κ1) is 20.4. The first-order valence-corrected chi connectivity index (χ1v) is 11.4. The van der Waals surface area contributed by atoms with Crippen LogP contribution in [-0.2, 0) is 24.8 Å². The molecule has 4 rings (SSSR count). The Labute approximate surface area is 183 Å². The van der Waals surface area contributed by atoms with Crippen molar-refractivity contribution in [2.24, 2.45) is 7.05 Å². The van der Waals surface area contributed by atoms with E-state index in [1.54, 1.807) is 0 Å². The van der Waals surface area contributed by atoms with Crippen LogP contribution in [0.2, 0.25) is 0 Å². The van der Waals surface area contributed by atoms with Gasteiger partial charge in [-0.15, -0.1) is 21.5 Å². The first-order chi connectivity index (χ1) is 14.6. The number of thioether (sulfide) groups is 1. The third kappa shape index (κ3) is 4.98. The molecule has 3 heterocycles. The molecule has 0 saturated carbocycles. The molecule has 7 nitrogen and oxygen atoms in total. The first-order valence-electron chi connectivity index (χ1n) is 9.49. The Morgan fingerprint density at radius 1 is 1.17 bits per heavy atom. The van der Waals surface area contributed by atoms with Gasteiger partial charge in [-0.25, -0.2) is 4.98 Å². The average Bonchev–Trinajstić information content (AvgIpc) is 3.44. The number of aromatic nitrogens is 5. The van der Waals surface area contributed by atoms with Crippen LogP contribution in [0, 0.1) is 6.92 Å². The minimum atomic E-state index is -0.104. The largest absolute Gasteiger partial charge is 0.354 e. The van der Waals surface area contributed by atoms with E-state index in [4.69, 9.17) is 0 Å². The molecule has 1 amide bonds. The van der Waals surface area contributed by atoms with Crippen molar-refractivity contribution in [1.29, 1.82) is 0 Å². The lowest BCUT2D eigenvalue weighted by Crippen LogP contribution is -2.15. The molecular weight excluding hydrogens is 416 g/mol. The number of benzene rings is 1. The molecule has 0 aliphatic heterocycles. The number of aryl methyl sites for hydroxylation is 2. The Bertz CT molecular complexity index is 1130. The summed E-state index contributed by atoms with van der Waals surface area (Å²) in [5.74, 6) is 1.02. The molecule has 0 bridgehead atoms. The molecule has 3 aromatic heterocycles. The fraction of sp³-hybridized carbons (Fsp3) is 0.238. The van der Waals surface area contributed by atoms with Gasteiger partial charge in [-0.05, 0) is 24.6 Å². The van der Waals surface area contributed by atoms with E-state index in [9.17, 15) is 4.79 Å². The minimum absolute atomic E-state index is 0.104. The van der Waals surface area contributed by atoms with Crippen molar-refractivity contribution in [3.8, 4) is 0 Å². The standard InChI is InChI=1S/C21H22N6OS2/c1-15-13-29-20(22-15)23-19(28)14-30-21-25-24-18(11-17-9-6-10-26(17)2)27(21)12-16-7-4-3-5-8-16/h3-10,13H,11-12,14H2,1-2H3,(H,22,23,28). The average molecular weight is 439 g/mol. The van der Waals surface area contributed by atoms with Crippen molar-refractivity contribution in [3.05, 3.63) is 76.8 Å². The summed E-state index contributed by atoms with van der Waals surface area (Å²) in [4.78, 5) is 16.6. The maximum Gasteiger partial charge on any atom is 0.236 e. The second-order valence-electron chi connectivity index (χ2n) is 6.89. The zero-order valence-electron chi connectivity index (χ0n) is 16.8. The number of rotatable bonds is 8. The normalized spacial score (nSPS) is 11.0. The van der Waals surface area contributed by atoms with Crippen molar-refractivity contribution < 1.29 is 4.79 Å². The van der Waals surface area contributed by atoms with Crippen LogP contribution in [-0.4, -0.2) is 36.0 Å². The lowest BCUT2D eigenvalue weighted by Gasteiger charge is -2.11. The summed E-state index contributed by atoms with van der Waals surface area (Å²) >= 11 is 2.81. The minimum Gasteiger partial charge on any atom is -0.354 e. The molecule has 0 atom stereocenters. The lowest BCUT2D eigenvalue weighted by atomic mass is 10.2. The van der Waals surface area contributed by atoms with Crippen LogP contribution in [0.25, 0.3) is 0 Å². The van der Waals surface area contributed by atoms with Crippen LogP contribution >= 0.6 is 23.1 Å². The van der Waals surface area contributed by atoms with Crippen LogP contribution in [0.5, 0.6) is 0 Å². The molecule has 0 aliphatic rings. The monoisotopic (exact) mass is 438 g/mol. The molecule has 9 heteroatoms. The number of hydrogen-bond donors (Lipinski definition) is 1. The molecule has 0 unspecified atom stereocenters. The van der Waals surface area contributed by atoms with E-state index >= 15 is 0 Å². The summed E-state index contributed by atoms with van der Waals surface area (Å²) < 4.78 is 4.17. The van der Waals surface area contributed by atoms with Gasteiger partial charge in [-0.3, -0.25) is 4.79 Å². The van der Waals surface area contributed by atoms with Crippen molar-refractivity contribution in [1.82, 2.24) is 24.3 Å². The third-order valence-corrected chi connectivity index (χ3v) is 6.41. The molecule has 0 radical (unpaired) electrons. The summed E-state index contributed by atoms with van der Waals surface area (Å²) in [5.41, 5.74) is 3.22. The van der Waals surface area contributed by atoms with Gasteiger partial charge in [0.1, 0.15) is 5.82 Å². The maximum absolute atomic E-state index is 12.3. The van der Waals surface area contributed by atoms with Crippen LogP contribution in [0.15, 0.2) is 59.2 Å². The van der Waals surface area contributed by atoms with Crippen molar-refractivity contribution >= 4 is 34.1 Å². The number of carbonyl (C=O) groups is 1. The van der Waals surface area contributed by atoms with Crippen LogP contribution < -0.4 is 5.32 Å². The van der Waals surface area contributed by atoms with Gasteiger partial charge in [0.15, 0.2) is 10.3 Å². The van der Waals surface area contributed by atoms with Gasteiger partial charge >= 0.3 is 0 Å². The number of carbonyl (C=O) groups excluding carboxylic acids is 1. The fourth-order valence-electron chi connectivity index (χ4n) is 3.02. The zero-order valence-corrected chi connectivity index (χ0v) is 18.4. The van der Waals surface area contributed by atoms with Gasteiger partial charge in [-0.2, -0.15) is 0 Å². The molecular formula is C21H22N6OS2. The Balaban J connectivity index is 1.51. The predicted molar refractivity (Wildman–Crippen MR) is 120 cm³/mol. The molecule has 1 aromatic carbocycles. The highest BCUT2D eigenvalue weighted by Gasteiger charge is 2.16. The molecule has 0 saturated heterocycles. The van der Waals surface area contributed by atoms with Crippen LogP contribution in [0.3, 0.4) is 0 Å². The number of thiazole rings is 1. The topological polar surface area (TPSA) is 77.6 Å². The SMILES string of the molecule is Cc1csc(NC(=O)CSc2nnc(Cc3cccn3C)n2Cc2ccccc2)n1. The predicted octanol–water partition coefficient (Wildman–Crippen LogP) is 3.75. The molecule has 0 spiro atoms. The number of nitrogens with zero attached hydrogens (tertiary/aromatic N) is 5. The number of hydrogen-bond acceptors (Lipinski definition) is 6. The fourth-order valence-corrected chi connectivity index (χ4v) is 4.48. The van der Waals surface area contributed by atoms with Gasteiger partial charge in [0, 0.05) is 30.7 Å². The maximum atomic E-state index is 12.3. The Kier molecular flexibility index (Phi) is 6.29. The number of anilines is 1. The van der Waals surface area contributed by atoms with E-state index in [0.29, 0.717) is 18.1 Å². The summed E-state index contributed by atoms with van der Waals surface area (Å²) in [6.07, 6.45) is 2.70. The summed E-state index contributed by atoms with van der Waals surface area (Å²) in [5, 5.41) is 14.9.